The molecule has 7 heteroatoms. The van der Waals surface area contributed by atoms with E-state index in [2.05, 4.69) is 5.32 Å². The summed E-state index contributed by atoms with van der Waals surface area (Å²) in [6.45, 7) is -0.208. The standard InChI is InChI=1S/C13H14N2O5/c16-10-5-11(17)15(7-10)9-3-1-8(2-4-9)13(20)14-6-12(18)19/h1-4,10,16H,5-7H2,(H,14,20)(H,18,19). The molecule has 1 aromatic rings. The van der Waals surface area contributed by atoms with Crippen molar-refractivity contribution < 1.29 is 24.6 Å². The molecule has 106 valence electrons. The molecule has 0 spiro atoms. The maximum absolute atomic E-state index is 11.6. The number of aliphatic hydroxyl groups is 1. The van der Waals surface area contributed by atoms with Gasteiger partial charge in [-0.15, -0.1) is 0 Å². The van der Waals surface area contributed by atoms with Gasteiger partial charge in [0, 0.05) is 11.3 Å². The number of aliphatic carboxylic acids is 1. The van der Waals surface area contributed by atoms with Crippen LogP contribution in [0.15, 0.2) is 24.3 Å². The number of benzene rings is 1. The Morgan fingerprint density at radius 2 is 1.95 bits per heavy atom. The number of hydrogen-bond donors (Lipinski definition) is 3. The van der Waals surface area contributed by atoms with E-state index in [-0.39, 0.29) is 18.9 Å². The summed E-state index contributed by atoms with van der Waals surface area (Å²) in [6.07, 6.45) is -0.568. The van der Waals surface area contributed by atoms with Crippen molar-refractivity contribution >= 4 is 23.5 Å². The summed E-state index contributed by atoms with van der Waals surface area (Å²) in [5.74, 6) is -1.78. The van der Waals surface area contributed by atoms with E-state index in [1.54, 1.807) is 12.1 Å². The SMILES string of the molecule is O=C(O)CNC(=O)c1ccc(N2CC(O)CC2=O)cc1. The lowest BCUT2D eigenvalue weighted by molar-refractivity contribution is -0.135. The Morgan fingerprint density at radius 1 is 1.30 bits per heavy atom. The largest absolute Gasteiger partial charge is 0.480 e. The minimum absolute atomic E-state index is 0.0981. The van der Waals surface area contributed by atoms with Crippen molar-refractivity contribution in [1.82, 2.24) is 5.32 Å². The van der Waals surface area contributed by atoms with Crippen LogP contribution >= 0.6 is 0 Å². The molecule has 1 saturated heterocycles. The number of hydrogen-bond acceptors (Lipinski definition) is 4. The van der Waals surface area contributed by atoms with Crippen molar-refractivity contribution in [2.75, 3.05) is 18.0 Å². The molecular formula is C13H14N2O5. The second-order valence-corrected chi connectivity index (χ2v) is 4.49. The Morgan fingerprint density at radius 3 is 2.45 bits per heavy atom. The lowest BCUT2D eigenvalue weighted by Gasteiger charge is -2.16. The predicted molar refractivity (Wildman–Crippen MR) is 69.4 cm³/mol. The van der Waals surface area contributed by atoms with E-state index >= 15 is 0 Å². The molecule has 0 radical (unpaired) electrons. The first-order valence-corrected chi connectivity index (χ1v) is 6.06. The summed E-state index contributed by atoms with van der Waals surface area (Å²) in [7, 11) is 0. The summed E-state index contributed by atoms with van der Waals surface area (Å²) >= 11 is 0. The smallest absolute Gasteiger partial charge is 0.322 e. The molecule has 2 rings (SSSR count). The third-order valence-electron chi connectivity index (χ3n) is 2.95. The molecule has 3 N–H and O–H groups in total. The number of nitrogens with zero attached hydrogens (tertiary/aromatic N) is 1. The van der Waals surface area contributed by atoms with Gasteiger partial charge in [-0.2, -0.15) is 0 Å². The third-order valence-corrected chi connectivity index (χ3v) is 2.95. The summed E-state index contributed by atoms with van der Waals surface area (Å²) in [6, 6.07) is 6.19. The molecule has 7 nitrogen and oxygen atoms in total. The minimum Gasteiger partial charge on any atom is -0.480 e. The van der Waals surface area contributed by atoms with Gasteiger partial charge in [-0.1, -0.05) is 0 Å². The topological polar surface area (TPSA) is 107 Å². The lowest BCUT2D eigenvalue weighted by Crippen LogP contribution is -2.29. The van der Waals surface area contributed by atoms with Crippen LogP contribution in [0, 0.1) is 0 Å². The molecule has 1 aliphatic rings. The summed E-state index contributed by atoms with van der Waals surface area (Å²) < 4.78 is 0. The first kappa shape index (κ1) is 14.0. The number of carboxylic acid groups (broad SMARTS) is 1. The van der Waals surface area contributed by atoms with Crippen molar-refractivity contribution in [2.24, 2.45) is 0 Å². The number of carbonyl (C=O) groups is 3. The number of β-amino-alcohol motifs (C(OH)–C–C–N with tert-alkyl or cyclic N) is 1. The fourth-order valence-corrected chi connectivity index (χ4v) is 1.99. The minimum atomic E-state index is -1.12. The molecule has 1 fully saturated rings. The highest BCUT2D eigenvalue weighted by Gasteiger charge is 2.28. The number of carboxylic acids is 1. The van der Waals surface area contributed by atoms with E-state index in [0.717, 1.165) is 0 Å². The van der Waals surface area contributed by atoms with E-state index in [1.165, 1.54) is 17.0 Å². The van der Waals surface area contributed by atoms with Crippen LogP contribution in [0.1, 0.15) is 16.8 Å². The predicted octanol–water partition coefficient (Wildman–Crippen LogP) is -0.401. The quantitative estimate of drug-likeness (QED) is 0.694. The van der Waals surface area contributed by atoms with Gasteiger partial charge in [-0.05, 0) is 24.3 Å². The number of rotatable bonds is 4. The molecule has 0 bridgehead atoms. The van der Waals surface area contributed by atoms with Gasteiger partial charge in [0.2, 0.25) is 5.91 Å². The van der Waals surface area contributed by atoms with Gasteiger partial charge in [0.15, 0.2) is 0 Å². The van der Waals surface area contributed by atoms with E-state index < -0.39 is 24.5 Å². The Kier molecular flexibility index (Phi) is 3.99. The second-order valence-electron chi connectivity index (χ2n) is 4.49. The molecule has 1 unspecified atom stereocenters. The van der Waals surface area contributed by atoms with Gasteiger partial charge in [-0.3, -0.25) is 14.4 Å². The normalized spacial score (nSPS) is 18.1. The summed E-state index contributed by atoms with van der Waals surface area (Å²) in [5.41, 5.74) is 0.906. The molecule has 1 aliphatic heterocycles. The van der Waals surface area contributed by atoms with Crippen molar-refractivity contribution in [2.45, 2.75) is 12.5 Å². The van der Waals surface area contributed by atoms with E-state index in [1.807, 2.05) is 0 Å². The maximum atomic E-state index is 11.6. The molecule has 1 heterocycles. The molecule has 0 saturated carbocycles. The Bertz CT molecular complexity index is 540. The van der Waals surface area contributed by atoms with Crippen LogP contribution in [0.3, 0.4) is 0 Å². The van der Waals surface area contributed by atoms with Gasteiger partial charge in [-0.25, -0.2) is 0 Å². The lowest BCUT2D eigenvalue weighted by atomic mass is 10.2. The summed E-state index contributed by atoms with van der Waals surface area (Å²) in [5, 5.41) is 20.1. The average molecular weight is 278 g/mol. The first-order chi connectivity index (χ1) is 9.47. The Hall–Kier alpha value is -2.41. The Balaban J connectivity index is 2.05. The van der Waals surface area contributed by atoms with Gasteiger partial charge < -0.3 is 20.4 Å². The van der Waals surface area contributed by atoms with Crippen LogP contribution in [0.25, 0.3) is 0 Å². The fraction of sp³-hybridized carbons (Fsp3) is 0.308. The summed E-state index contributed by atoms with van der Waals surface area (Å²) in [4.78, 5) is 35.0. The van der Waals surface area contributed by atoms with Crippen molar-refractivity contribution in [3.8, 4) is 0 Å². The molecule has 2 amide bonds. The zero-order valence-corrected chi connectivity index (χ0v) is 10.6. The molecule has 0 aromatic heterocycles. The molecule has 1 atom stereocenters. The number of anilines is 1. The molecular weight excluding hydrogens is 264 g/mol. The molecule has 0 aliphatic carbocycles. The number of amides is 2. The van der Waals surface area contributed by atoms with Gasteiger partial charge in [0.25, 0.3) is 5.91 Å². The van der Waals surface area contributed by atoms with Crippen LogP contribution in [0.4, 0.5) is 5.69 Å². The second kappa shape index (κ2) is 5.70. The maximum Gasteiger partial charge on any atom is 0.322 e. The van der Waals surface area contributed by atoms with E-state index in [4.69, 9.17) is 5.11 Å². The van der Waals surface area contributed by atoms with Crippen LogP contribution in [0.2, 0.25) is 0 Å². The van der Waals surface area contributed by atoms with Crippen LogP contribution in [-0.2, 0) is 9.59 Å². The van der Waals surface area contributed by atoms with Gasteiger partial charge in [0.05, 0.1) is 19.1 Å². The van der Waals surface area contributed by atoms with Gasteiger partial charge in [0.1, 0.15) is 6.54 Å². The highest BCUT2D eigenvalue weighted by molar-refractivity contribution is 5.98. The highest BCUT2D eigenvalue weighted by Crippen LogP contribution is 2.21. The van der Waals surface area contributed by atoms with Gasteiger partial charge >= 0.3 is 5.97 Å². The third kappa shape index (κ3) is 3.12. The molecule has 20 heavy (non-hydrogen) atoms. The van der Waals surface area contributed by atoms with Crippen LogP contribution < -0.4 is 10.2 Å². The average Bonchev–Trinajstić information content (AvgIpc) is 2.75. The van der Waals surface area contributed by atoms with Crippen LogP contribution in [0.5, 0.6) is 0 Å². The zero-order chi connectivity index (χ0) is 14.7. The van der Waals surface area contributed by atoms with E-state index in [9.17, 15) is 19.5 Å². The number of nitrogens with one attached hydrogen (secondary N) is 1. The van der Waals surface area contributed by atoms with Crippen molar-refractivity contribution in [3.05, 3.63) is 29.8 Å². The highest BCUT2D eigenvalue weighted by atomic mass is 16.4. The van der Waals surface area contributed by atoms with E-state index in [0.29, 0.717) is 11.3 Å². The van der Waals surface area contributed by atoms with Crippen molar-refractivity contribution in [1.29, 1.82) is 0 Å². The van der Waals surface area contributed by atoms with Crippen molar-refractivity contribution in [3.63, 3.8) is 0 Å². The fourth-order valence-electron chi connectivity index (χ4n) is 1.99. The monoisotopic (exact) mass is 278 g/mol. The zero-order valence-electron chi connectivity index (χ0n) is 10.6. The first-order valence-electron chi connectivity index (χ1n) is 6.06. The van der Waals surface area contributed by atoms with Crippen LogP contribution in [-0.4, -0.2) is 47.2 Å². The Labute approximate surface area is 114 Å². The number of carbonyl (C=O) groups excluding carboxylic acids is 2. The molecule has 1 aromatic carbocycles. The number of aliphatic hydroxyl groups excluding tert-OH is 1.